The minimum Gasteiger partial charge on any atom is -0.385 e. The van der Waals surface area contributed by atoms with Crippen molar-refractivity contribution < 1.29 is 4.74 Å². The lowest BCUT2D eigenvalue weighted by atomic mass is 10.2. The first-order chi connectivity index (χ1) is 8.20. The zero-order valence-corrected chi connectivity index (χ0v) is 11.3. The molecule has 1 aromatic carbocycles. The molecule has 0 saturated heterocycles. The summed E-state index contributed by atoms with van der Waals surface area (Å²) in [6.45, 7) is 5.02. The molecule has 3 nitrogen and oxygen atoms in total. The highest BCUT2D eigenvalue weighted by molar-refractivity contribution is 7.22. The van der Waals surface area contributed by atoms with Crippen molar-refractivity contribution in [1.29, 1.82) is 0 Å². The Morgan fingerprint density at radius 2 is 2.29 bits per heavy atom. The maximum Gasteiger partial charge on any atom is 0.184 e. The predicted octanol–water partition coefficient (Wildman–Crippen LogP) is 3.44. The van der Waals surface area contributed by atoms with Crippen LogP contribution in [0.3, 0.4) is 0 Å². The van der Waals surface area contributed by atoms with Crippen LogP contribution in [0.2, 0.25) is 0 Å². The standard InChI is InChI=1S/C13H18N2OS/c1-9-5-4-6-11-12(9)15-13(17-11)14-10(2)7-8-16-3/h4-6,10H,7-8H2,1-3H3,(H,14,15). The number of para-hydroxylation sites is 1. The summed E-state index contributed by atoms with van der Waals surface area (Å²) in [5, 5.41) is 4.42. The Labute approximate surface area is 106 Å². The second-order valence-electron chi connectivity index (χ2n) is 4.27. The quantitative estimate of drug-likeness (QED) is 0.882. The molecule has 92 valence electrons. The maximum atomic E-state index is 5.07. The number of hydrogen-bond acceptors (Lipinski definition) is 4. The zero-order chi connectivity index (χ0) is 12.3. The first kappa shape index (κ1) is 12.3. The third kappa shape index (κ3) is 2.96. The summed E-state index contributed by atoms with van der Waals surface area (Å²) < 4.78 is 6.31. The summed E-state index contributed by atoms with van der Waals surface area (Å²) >= 11 is 1.71. The van der Waals surface area contributed by atoms with Gasteiger partial charge >= 0.3 is 0 Å². The summed E-state index contributed by atoms with van der Waals surface area (Å²) in [5.74, 6) is 0. The van der Waals surface area contributed by atoms with Gasteiger partial charge in [-0.1, -0.05) is 23.5 Å². The van der Waals surface area contributed by atoms with Gasteiger partial charge in [-0.25, -0.2) is 4.98 Å². The third-order valence-corrected chi connectivity index (χ3v) is 3.70. The number of fused-ring (bicyclic) bond motifs is 1. The number of nitrogens with zero attached hydrogens (tertiary/aromatic N) is 1. The highest BCUT2D eigenvalue weighted by Gasteiger charge is 2.08. The lowest BCUT2D eigenvalue weighted by Gasteiger charge is -2.11. The van der Waals surface area contributed by atoms with Gasteiger partial charge in [-0.15, -0.1) is 0 Å². The Bertz CT molecular complexity index is 495. The van der Waals surface area contributed by atoms with Crippen LogP contribution in [0.4, 0.5) is 5.13 Å². The summed E-state index contributed by atoms with van der Waals surface area (Å²) in [5.41, 5.74) is 2.34. The minimum atomic E-state index is 0.385. The summed E-state index contributed by atoms with van der Waals surface area (Å²) in [7, 11) is 1.73. The normalized spacial score (nSPS) is 12.9. The third-order valence-electron chi connectivity index (χ3n) is 2.75. The van der Waals surface area contributed by atoms with Gasteiger partial charge in [0.2, 0.25) is 0 Å². The highest BCUT2D eigenvalue weighted by atomic mass is 32.1. The number of nitrogens with one attached hydrogen (secondary N) is 1. The molecule has 2 aromatic rings. The van der Waals surface area contributed by atoms with E-state index in [0.29, 0.717) is 6.04 Å². The molecule has 0 aliphatic rings. The first-order valence-corrected chi connectivity index (χ1v) is 6.64. The smallest absolute Gasteiger partial charge is 0.184 e. The van der Waals surface area contributed by atoms with Crippen molar-refractivity contribution in [3.63, 3.8) is 0 Å². The summed E-state index contributed by atoms with van der Waals surface area (Å²) in [4.78, 5) is 4.63. The lowest BCUT2D eigenvalue weighted by molar-refractivity contribution is 0.191. The van der Waals surface area contributed by atoms with Crippen LogP contribution in [-0.4, -0.2) is 24.7 Å². The van der Waals surface area contributed by atoms with E-state index < -0.39 is 0 Å². The van der Waals surface area contributed by atoms with Crippen LogP contribution in [0.25, 0.3) is 10.2 Å². The van der Waals surface area contributed by atoms with Crippen molar-refractivity contribution in [3.8, 4) is 0 Å². The Morgan fingerprint density at radius 3 is 3.00 bits per heavy atom. The average molecular weight is 250 g/mol. The molecule has 0 aliphatic heterocycles. The monoisotopic (exact) mass is 250 g/mol. The van der Waals surface area contributed by atoms with Crippen molar-refractivity contribution in [2.75, 3.05) is 19.0 Å². The van der Waals surface area contributed by atoms with Gasteiger partial charge in [0.15, 0.2) is 5.13 Å². The van der Waals surface area contributed by atoms with Crippen LogP contribution in [0.1, 0.15) is 18.9 Å². The first-order valence-electron chi connectivity index (χ1n) is 5.82. The molecule has 17 heavy (non-hydrogen) atoms. The Kier molecular flexibility index (Phi) is 3.97. The van der Waals surface area contributed by atoms with E-state index in [9.17, 15) is 0 Å². The van der Waals surface area contributed by atoms with Crippen LogP contribution in [-0.2, 0) is 4.74 Å². The lowest BCUT2D eigenvalue weighted by Crippen LogP contribution is -2.16. The van der Waals surface area contributed by atoms with Gasteiger partial charge in [-0.05, 0) is 31.9 Å². The number of thiazole rings is 1. The van der Waals surface area contributed by atoms with Crippen LogP contribution in [0, 0.1) is 6.92 Å². The van der Waals surface area contributed by atoms with Gasteiger partial charge in [0.05, 0.1) is 10.2 Å². The van der Waals surface area contributed by atoms with E-state index in [0.717, 1.165) is 23.7 Å². The molecule has 0 spiro atoms. The molecule has 0 bridgehead atoms. The molecule has 1 heterocycles. The molecule has 0 radical (unpaired) electrons. The van der Waals surface area contributed by atoms with Crippen LogP contribution >= 0.6 is 11.3 Å². The van der Waals surface area contributed by atoms with Crippen molar-refractivity contribution in [1.82, 2.24) is 4.98 Å². The number of methoxy groups -OCH3 is 1. The Balaban J connectivity index is 2.11. The Hall–Kier alpha value is -1.13. The Morgan fingerprint density at radius 1 is 1.47 bits per heavy atom. The molecule has 1 N–H and O–H groups in total. The van der Waals surface area contributed by atoms with Gasteiger partial charge in [0.25, 0.3) is 0 Å². The van der Waals surface area contributed by atoms with Crippen LogP contribution in [0.15, 0.2) is 18.2 Å². The zero-order valence-electron chi connectivity index (χ0n) is 10.5. The van der Waals surface area contributed by atoms with Gasteiger partial charge in [-0.3, -0.25) is 0 Å². The molecule has 1 aromatic heterocycles. The number of aryl methyl sites for hydroxylation is 1. The second kappa shape index (κ2) is 5.47. The summed E-state index contributed by atoms with van der Waals surface area (Å²) in [6, 6.07) is 6.68. The number of aromatic nitrogens is 1. The summed E-state index contributed by atoms with van der Waals surface area (Å²) in [6.07, 6.45) is 0.991. The maximum absolute atomic E-state index is 5.07. The van der Waals surface area contributed by atoms with E-state index in [1.807, 2.05) is 0 Å². The largest absolute Gasteiger partial charge is 0.385 e. The topological polar surface area (TPSA) is 34.1 Å². The number of anilines is 1. The number of rotatable bonds is 5. The number of benzene rings is 1. The van der Waals surface area contributed by atoms with Gasteiger partial charge in [-0.2, -0.15) is 0 Å². The number of ether oxygens (including phenoxy) is 1. The van der Waals surface area contributed by atoms with Gasteiger partial charge < -0.3 is 10.1 Å². The van der Waals surface area contributed by atoms with Gasteiger partial charge in [0.1, 0.15) is 0 Å². The fourth-order valence-electron chi connectivity index (χ4n) is 1.73. The molecular weight excluding hydrogens is 232 g/mol. The number of hydrogen-bond donors (Lipinski definition) is 1. The van der Waals surface area contributed by atoms with E-state index in [1.54, 1.807) is 18.4 Å². The molecule has 0 amide bonds. The fourth-order valence-corrected chi connectivity index (χ4v) is 2.78. The molecule has 1 unspecified atom stereocenters. The van der Waals surface area contributed by atoms with Crippen LogP contribution in [0.5, 0.6) is 0 Å². The molecular formula is C13H18N2OS. The van der Waals surface area contributed by atoms with Crippen LogP contribution < -0.4 is 5.32 Å². The van der Waals surface area contributed by atoms with Crippen molar-refractivity contribution in [2.24, 2.45) is 0 Å². The fraction of sp³-hybridized carbons (Fsp3) is 0.462. The predicted molar refractivity (Wildman–Crippen MR) is 73.9 cm³/mol. The molecule has 2 rings (SSSR count). The minimum absolute atomic E-state index is 0.385. The molecule has 4 heteroatoms. The van der Waals surface area contributed by atoms with E-state index in [4.69, 9.17) is 4.74 Å². The van der Waals surface area contributed by atoms with E-state index in [1.165, 1.54) is 10.3 Å². The molecule has 1 atom stereocenters. The average Bonchev–Trinajstić information content (AvgIpc) is 2.70. The van der Waals surface area contributed by atoms with Crippen molar-refractivity contribution >= 4 is 26.7 Å². The molecule has 0 aliphatic carbocycles. The molecule has 0 saturated carbocycles. The van der Waals surface area contributed by atoms with E-state index in [2.05, 4.69) is 42.3 Å². The van der Waals surface area contributed by atoms with Crippen molar-refractivity contribution in [3.05, 3.63) is 23.8 Å². The molecule has 0 fully saturated rings. The van der Waals surface area contributed by atoms with E-state index >= 15 is 0 Å². The SMILES string of the molecule is COCCC(C)Nc1nc2c(C)cccc2s1. The van der Waals surface area contributed by atoms with Crippen molar-refractivity contribution in [2.45, 2.75) is 26.3 Å². The highest BCUT2D eigenvalue weighted by Crippen LogP contribution is 2.28. The van der Waals surface area contributed by atoms with E-state index in [-0.39, 0.29) is 0 Å². The van der Waals surface area contributed by atoms with Gasteiger partial charge in [0, 0.05) is 19.8 Å². The second-order valence-corrected chi connectivity index (χ2v) is 5.30.